The van der Waals surface area contributed by atoms with E-state index in [-0.39, 0.29) is 17.6 Å². The van der Waals surface area contributed by atoms with Gasteiger partial charge in [-0.2, -0.15) is 0 Å². The smallest absolute Gasteiger partial charge is 0.193 e. The molecular weight excluding hydrogens is 394 g/mol. The van der Waals surface area contributed by atoms with Gasteiger partial charge in [0.2, 0.25) is 0 Å². The zero-order chi connectivity index (χ0) is 23.6. The standard InChI is InChI=1S/C25H33NO5/c1-16(27)15-26(6)21(17-7-11-19(12-8-17)22(28)24(2,3)30)18-9-13-20(14-10-18)23(29)25(4,5)31/h7-14,16,21,27,30-31H,15H2,1-6H3. The highest BCUT2D eigenvalue weighted by molar-refractivity contribution is 6.02. The number of ketones is 2. The molecule has 0 fully saturated rings. The minimum Gasteiger partial charge on any atom is -0.392 e. The predicted molar refractivity (Wildman–Crippen MR) is 120 cm³/mol. The summed E-state index contributed by atoms with van der Waals surface area (Å²) in [5.41, 5.74) is -0.271. The summed E-state index contributed by atoms with van der Waals surface area (Å²) in [6.45, 7) is 7.96. The van der Waals surface area contributed by atoms with Crippen LogP contribution in [0.1, 0.15) is 72.5 Å². The van der Waals surface area contributed by atoms with Gasteiger partial charge in [0.05, 0.1) is 12.1 Å². The van der Waals surface area contributed by atoms with Crippen LogP contribution in [0.5, 0.6) is 0 Å². The van der Waals surface area contributed by atoms with Crippen molar-refractivity contribution in [3.63, 3.8) is 0 Å². The summed E-state index contributed by atoms with van der Waals surface area (Å²) in [6, 6.07) is 13.8. The number of hydrogen-bond donors (Lipinski definition) is 3. The monoisotopic (exact) mass is 427 g/mol. The molecule has 6 nitrogen and oxygen atoms in total. The lowest BCUT2D eigenvalue weighted by molar-refractivity contribution is 0.0487. The van der Waals surface area contributed by atoms with Gasteiger partial charge in [-0.25, -0.2) is 0 Å². The van der Waals surface area contributed by atoms with Crippen molar-refractivity contribution in [1.82, 2.24) is 4.90 Å². The molecule has 0 aliphatic heterocycles. The molecule has 0 aliphatic carbocycles. The van der Waals surface area contributed by atoms with E-state index in [9.17, 15) is 24.9 Å². The number of carbonyl (C=O) groups is 2. The van der Waals surface area contributed by atoms with E-state index in [1.807, 2.05) is 36.2 Å². The quantitative estimate of drug-likeness (QED) is 0.532. The van der Waals surface area contributed by atoms with Crippen molar-refractivity contribution in [2.45, 2.75) is 58.0 Å². The van der Waals surface area contributed by atoms with Crippen LogP contribution in [0, 0.1) is 0 Å². The van der Waals surface area contributed by atoms with Crippen LogP contribution in [-0.2, 0) is 0 Å². The number of carbonyl (C=O) groups excluding carboxylic acids is 2. The lowest BCUT2D eigenvalue weighted by Crippen LogP contribution is -2.33. The Morgan fingerprint density at radius 1 is 0.806 bits per heavy atom. The van der Waals surface area contributed by atoms with Gasteiger partial charge in [0.1, 0.15) is 11.2 Å². The highest BCUT2D eigenvalue weighted by Gasteiger charge is 2.28. The SMILES string of the molecule is CC(O)CN(C)C(c1ccc(C(=O)C(C)(C)O)cc1)c1ccc(C(=O)C(C)(C)O)cc1. The minimum absolute atomic E-state index is 0.229. The molecule has 0 aliphatic rings. The molecule has 0 saturated heterocycles. The van der Waals surface area contributed by atoms with E-state index < -0.39 is 17.3 Å². The summed E-state index contributed by atoms with van der Waals surface area (Å²) >= 11 is 0. The van der Waals surface area contributed by atoms with E-state index in [0.717, 1.165) is 11.1 Å². The first-order valence-electron chi connectivity index (χ1n) is 10.3. The topological polar surface area (TPSA) is 98.1 Å². The van der Waals surface area contributed by atoms with E-state index in [1.165, 1.54) is 27.7 Å². The maximum atomic E-state index is 12.3. The largest absolute Gasteiger partial charge is 0.392 e. The average molecular weight is 428 g/mol. The summed E-state index contributed by atoms with van der Waals surface area (Å²) in [5.74, 6) is -0.718. The Labute approximate surface area is 184 Å². The highest BCUT2D eigenvalue weighted by Crippen LogP contribution is 2.29. The summed E-state index contributed by atoms with van der Waals surface area (Å²) in [6.07, 6.45) is -0.542. The maximum Gasteiger partial charge on any atom is 0.193 e. The molecule has 0 spiro atoms. The summed E-state index contributed by atoms with van der Waals surface area (Å²) in [7, 11) is 1.89. The average Bonchev–Trinajstić information content (AvgIpc) is 2.66. The van der Waals surface area contributed by atoms with Crippen molar-refractivity contribution in [3.8, 4) is 0 Å². The second-order valence-corrected chi connectivity index (χ2v) is 9.21. The molecular formula is C25H33NO5. The Bertz CT molecular complexity index is 833. The van der Waals surface area contributed by atoms with Crippen molar-refractivity contribution >= 4 is 11.6 Å². The van der Waals surface area contributed by atoms with Crippen molar-refractivity contribution in [1.29, 1.82) is 0 Å². The van der Waals surface area contributed by atoms with Crippen LogP contribution in [0.4, 0.5) is 0 Å². The van der Waals surface area contributed by atoms with Crippen LogP contribution in [0.15, 0.2) is 48.5 Å². The van der Waals surface area contributed by atoms with Crippen molar-refractivity contribution in [2.24, 2.45) is 0 Å². The number of likely N-dealkylation sites (N-methyl/N-ethyl adjacent to an activating group) is 1. The number of aliphatic hydroxyl groups excluding tert-OH is 1. The first kappa shape index (κ1) is 24.9. The first-order chi connectivity index (χ1) is 14.2. The third-order valence-corrected chi connectivity index (χ3v) is 5.08. The third-order valence-electron chi connectivity index (χ3n) is 5.08. The number of benzene rings is 2. The van der Waals surface area contributed by atoms with Gasteiger partial charge in [0.15, 0.2) is 11.6 Å². The Morgan fingerprint density at radius 3 is 1.39 bits per heavy atom. The van der Waals surface area contributed by atoms with Gasteiger partial charge < -0.3 is 15.3 Å². The summed E-state index contributed by atoms with van der Waals surface area (Å²) in [4.78, 5) is 26.7. The number of rotatable bonds is 9. The fourth-order valence-electron chi connectivity index (χ4n) is 3.56. The Balaban J connectivity index is 2.42. The first-order valence-corrected chi connectivity index (χ1v) is 10.3. The van der Waals surface area contributed by atoms with Crippen LogP contribution in [-0.4, -0.2) is 62.7 Å². The Morgan fingerprint density at radius 2 is 1.13 bits per heavy atom. The van der Waals surface area contributed by atoms with Gasteiger partial charge in [-0.05, 0) is 52.8 Å². The normalized spacial score (nSPS) is 13.5. The van der Waals surface area contributed by atoms with E-state index in [2.05, 4.69) is 0 Å². The molecule has 0 aromatic heterocycles. The fourth-order valence-corrected chi connectivity index (χ4v) is 3.56. The minimum atomic E-state index is -1.45. The summed E-state index contributed by atoms with van der Waals surface area (Å²) in [5, 5.41) is 29.9. The number of aliphatic hydroxyl groups is 3. The number of hydrogen-bond acceptors (Lipinski definition) is 6. The molecule has 3 N–H and O–H groups in total. The maximum absolute atomic E-state index is 12.3. The molecule has 0 amide bonds. The highest BCUT2D eigenvalue weighted by atomic mass is 16.3. The van der Waals surface area contributed by atoms with E-state index >= 15 is 0 Å². The number of nitrogens with zero attached hydrogens (tertiary/aromatic N) is 1. The van der Waals surface area contributed by atoms with Gasteiger partial charge in [0, 0.05) is 17.7 Å². The van der Waals surface area contributed by atoms with Gasteiger partial charge in [-0.1, -0.05) is 48.5 Å². The van der Waals surface area contributed by atoms with Gasteiger partial charge >= 0.3 is 0 Å². The van der Waals surface area contributed by atoms with Crippen LogP contribution in [0.25, 0.3) is 0 Å². The van der Waals surface area contributed by atoms with Crippen LogP contribution in [0.2, 0.25) is 0 Å². The van der Waals surface area contributed by atoms with Crippen molar-refractivity contribution in [2.75, 3.05) is 13.6 Å². The molecule has 0 bridgehead atoms. The van der Waals surface area contributed by atoms with Crippen LogP contribution < -0.4 is 0 Å². The molecule has 6 heteroatoms. The zero-order valence-corrected chi connectivity index (χ0v) is 19.1. The fraction of sp³-hybridized carbons (Fsp3) is 0.440. The summed E-state index contributed by atoms with van der Waals surface area (Å²) < 4.78 is 0. The number of Topliss-reactive ketones (excluding diaryl/α,β-unsaturated/α-hetero) is 2. The molecule has 2 aromatic carbocycles. The lowest BCUT2D eigenvalue weighted by atomic mass is 9.91. The second-order valence-electron chi connectivity index (χ2n) is 9.21. The zero-order valence-electron chi connectivity index (χ0n) is 19.1. The molecule has 1 atom stereocenters. The molecule has 0 saturated carbocycles. The third kappa shape index (κ3) is 6.31. The van der Waals surface area contributed by atoms with Crippen molar-refractivity contribution < 1.29 is 24.9 Å². The van der Waals surface area contributed by atoms with Crippen LogP contribution in [0.3, 0.4) is 0 Å². The molecule has 31 heavy (non-hydrogen) atoms. The molecule has 0 radical (unpaired) electrons. The Kier molecular flexibility index (Phi) is 7.55. The predicted octanol–water partition coefficient (Wildman–Crippen LogP) is 3.00. The van der Waals surface area contributed by atoms with Crippen molar-refractivity contribution in [3.05, 3.63) is 70.8 Å². The molecule has 2 aromatic rings. The molecule has 1 unspecified atom stereocenters. The van der Waals surface area contributed by atoms with Gasteiger partial charge in [-0.15, -0.1) is 0 Å². The molecule has 168 valence electrons. The molecule has 2 rings (SSSR count). The van der Waals surface area contributed by atoms with E-state index in [1.54, 1.807) is 31.2 Å². The van der Waals surface area contributed by atoms with Crippen LogP contribution >= 0.6 is 0 Å². The van der Waals surface area contributed by atoms with Gasteiger partial charge in [0.25, 0.3) is 0 Å². The Hall–Kier alpha value is -2.38. The van der Waals surface area contributed by atoms with E-state index in [4.69, 9.17) is 0 Å². The lowest BCUT2D eigenvalue weighted by Gasteiger charge is -2.30. The van der Waals surface area contributed by atoms with E-state index in [0.29, 0.717) is 17.7 Å². The van der Waals surface area contributed by atoms with Gasteiger partial charge in [-0.3, -0.25) is 14.5 Å². The second kappa shape index (κ2) is 9.40. The molecule has 0 heterocycles.